The van der Waals surface area contributed by atoms with Crippen molar-refractivity contribution in [2.45, 2.75) is 24.7 Å². The summed E-state index contributed by atoms with van der Waals surface area (Å²) in [6.45, 7) is 2.77. The predicted octanol–water partition coefficient (Wildman–Crippen LogP) is 3.11. The summed E-state index contributed by atoms with van der Waals surface area (Å²) in [4.78, 5) is 10.9. The fraction of sp³-hybridized carbons (Fsp3) is 0.462. The van der Waals surface area contributed by atoms with Gasteiger partial charge in [0, 0.05) is 18.1 Å². The van der Waals surface area contributed by atoms with E-state index in [1.165, 1.54) is 10.4 Å². The maximum Gasteiger partial charge on any atom is 0.337 e. The topological polar surface area (TPSA) is 74.7 Å². The van der Waals surface area contributed by atoms with Crippen LogP contribution in [0.5, 0.6) is 0 Å². The van der Waals surface area contributed by atoms with Crippen molar-refractivity contribution in [2.24, 2.45) is 5.92 Å². The summed E-state index contributed by atoms with van der Waals surface area (Å²) in [5.41, 5.74) is -0.312. The van der Waals surface area contributed by atoms with E-state index in [1.54, 1.807) is 0 Å². The highest BCUT2D eigenvalue weighted by molar-refractivity contribution is 7.89. The molecule has 1 fully saturated rings. The number of rotatable bonds is 3. The molecule has 1 aliphatic rings. The molecule has 0 aliphatic carbocycles. The van der Waals surface area contributed by atoms with Crippen molar-refractivity contribution in [3.8, 4) is 0 Å². The number of hydrogen-bond acceptors (Lipinski definition) is 3. The number of nitrogens with zero attached hydrogens (tertiary/aromatic N) is 1. The van der Waals surface area contributed by atoms with Gasteiger partial charge in [-0.15, -0.1) is 0 Å². The van der Waals surface area contributed by atoms with Crippen LogP contribution in [0.25, 0.3) is 0 Å². The van der Waals surface area contributed by atoms with Crippen LogP contribution >= 0.6 is 23.2 Å². The van der Waals surface area contributed by atoms with Gasteiger partial charge >= 0.3 is 5.97 Å². The van der Waals surface area contributed by atoms with Crippen LogP contribution in [-0.4, -0.2) is 36.9 Å². The minimum absolute atomic E-state index is 0.0282. The Bertz CT molecular complexity index is 675. The highest BCUT2D eigenvalue weighted by Gasteiger charge is 2.32. The smallest absolute Gasteiger partial charge is 0.337 e. The summed E-state index contributed by atoms with van der Waals surface area (Å²) in [5.74, 6) is -1.06. The number of carboxylic acids is 1. The van der Waals surface area contributed by atoms with Crippen molar-refractivity contribution in [2.75, 3.05) is 13.1 Å². The summed E-state index contributed by atoms with van der Waals surface area (Å²) in [6, 6.07) is 2.34. The SMILES string of the molecule is CC1CCCN(S(=O)(=O)c2cc(Cl)cc(C(=O)O)c2Cl)C1. The molecular formula is C13H15Cl2NO4S. The Morgan fingerprint density at radius 3 is 2.62 bits per heavy atom. The number of benzene rings is 1. The van der Waals surface area contributed by atoms with Gasteiger partial charge in [-0.2, -0.15) is 4.31 Å². The first-order valence-electron chi connectivity index (χ1n) is 6.46. The van der Waals surface area contributed by atoms with Gasteiger partial charge in [0.2, 0.25) is 10.0 Å². The number of aromatic carboxylic acids is 1. The molecule has 5 nitrogen and oxygen atoms in total. The van der Waals surface area contributed by atoms with Gasteiger partial charge in [0.05, 0.1) is 10.6 Å². The molecule has 0 saturated carbocycles. The fourth-order valence-corrected chi connectivity index (χ4v) is 4.89. The Labute approximate surface area is 133 Å². The molecule has 0 amide bonds. The first-order chi connectivity index (χ1) is 9.73. The van der Waals surface area contributed by atoms with Gasteiger partial charge in [0.1, 0.15) is 4.90 Å². The summed E-state index contributed by atoms with van der Waals surface area (Å²) >= 11 is 11.8. The second-order valence-corrected chi connectivity index (χ2v) is 7.90. The molecule has 116 valence electrons. The molecule has 2 rings (SSSR count). The van der Waals surface area contributed by atoms with Gasteiger partial charge in [-0.25, -0.2) is 13.2 Å². The molecule has 0 radical (unpaired) electrons. The van der Waals surface area contributed by atoms with Crippen molar-refractivity contribution in [3.63, 3.8) is 0 Å². The first-order valence-corrected chi connectivity index (χ1v) is 8.65. The lowest BCUT2D eigenvalue weighted by molar-refractivity contribution is 0.0697. The second kappa shape index (κ2) is 6.12. The third-order valence-electron chi connectivity index (χ3n) is 3.47. The zero-order valence-electron chi connectivity index (χ0n) is 11.3. The van der Waals surface area contributed by atoms with E-state index in [1.807, 2.05) is 6.92 Å². The van der Waals surface area contributed by atoms with Crippen LogP contribution in [0.4, 0.5) is 0 Å². The van der Waals surface area contributed by atoms with E-state index in [-0.39, 0.29) is 26.4 Å². The lowest BCUT2D eigenvalue weighted by atomic mass is 10.0. The Balaban J connectivity index is 2.52. The minimum Gasteiger partial charge on any atom is -0.478 e. The molecule has 1 saturated heterocycles. The molecule has 0 spiro atoms. The van der Waals surface area contributed by atoms with Crippen LogP contribution in [0.15, 0.2) is 17.0 Å². The molecule has 1 unspecified atom stereocenters. The molecular weight excluding hydrogens is 337 g/mol. The quantitative estimate of drug-likeness (QED) is 0.907. The lowest BCUT2D eigenvalue weighted by Crippen LogP contribution is -2.39. The van der Waals surface area contributed by atoms with Gasteiger partial charge in [-0.1, -0.05) is 30.1 Å². The Kier molecular flexibility index (Phi) is 4.82. The summed E-state index contributed by atoms with van der Waals surface area (Å²) in [5, 5.41) is 8.81. The number of piperidine rings is 1. The van der Waals surface area contributed by atoms with Crippen molar-refractivity contribution in [1.29, 1.82) is 0 Å². The monoisotopic (exact) mass is 351 g/mol. The molecule has 1 aromatic rings. The summed E-state index contributed by atoms with van der Waals surface area (Å²) in [6.07, 6.45) is 1.74. The third-order valence-corrected chi connectivity index (χ3v) is 6.10. The third kappa shape index (κ3) is 3.34. The van der Waals surface area contributed by atoms with Crippen molar-refractivity contribution in [1.82, 2.24) is 4.31 Å². The van der Waals surface area contributed by atoms with E-state index in [4.69, 9.17) is 28.3 Å². The van der Waals surface area contributed by atoms with Gasteiger partial charge in [0.15, 0.2) is 0 Å². The van der Waals surface area contributed by atoms with Crippen LogP contribution in [0.1, 0.15) is 30.1 Å². The van der Waals surface area contributed by atoms with Crippen LogP contribution < -0.4 is 0 Å². The predicted molar refractivity (Wildman–Crippen MR) is 80.6 cm³/mol. The van der Waals surface area contributed by atoms with E-state index in [9.17, 15) is 13.2 Å². The molecule has 21 heavy (non-hydrogen) atoms. The van der Waals surface area contributed by atoms with Crippen LogP contribution in [0.3, 0.4) is 0 Å². The fourth-order valence-electron chi connectivity index (χ4n) is 2.41. The molecule has 1 atom stereocenters. The van der Waals surface area contributed by atoms with E-state index in [0.717, 1.165) is 18.9 Å². The summed E-state index contributed by atoms with van der Waals surface area (Å²) in [7, 11) is -3.85. The largest absolute Gasteiger partial charge is 0.478 e. The van der Waals surface area contributed by atoms with Crippen LogP contribution in [0, 0.1) is 5.92 Å². The minimum atomic E-state index is -3.85. The number of halogens is 2. The highest BCUT2D eigenvalue weighted by Crippen LogP contribution is 2.33. The molecule has 1 N–H and O–H groups in total. The first kappa shape index (κ1) is 16.5. The number of sulfonamides is 1. The number of hydrogen-bond donors (Lipinski definition) is 1. The van der Waals surface area contributed by atoms with E-state index < -0.39 is 16.0 Å². The van der Waals surface area contributed by atoms with Gasteiger partial charge in [-0.3, -0.25) is 0 Å². The Hall–Kier alpha value is -0.820. The standard InChI is InChI=1S/C13H15Cl2NO4S/c1-8-3-2-4-16(7-8)21(19,20)11-6-9(14)5-10(12(11)15)13(17)18/h5-6,8H,2-4,7H2,1H3,(H,17,18). The maximum absolute atomic E-state index is 12.7. The zero-order valence-corrected chi connectivity index (χ0v) is 13.7. The van der Waals surface area contributed by atoms with Gasteiger partial charge in [0.25, 0.3) is 0 Å². The molecule has 8 heteroatoms. The van der Waals surface area contributed by atoms with E-state index in [2.05, 4.69) is 0 Å². The average Bonchev–Trinajstić information content (AvgIpc) is 2.40. The van der Waals surface area contributed by atoms with Crippen LogP contribution in [-0.2, 0) is 10.0 Å². The van der Waals surface area contributed by atoms with E-state index in [0.29, 0.717) is 13.1 Å². The van der Waals surface area contributed by atoms with Crippen LogP contribution in [0.2, 0.25) is 10.0 Å². The maximum atomic E-state index is 12.7. The Morgan fingerprint density at radius 2 is 2.05 bits per heavy atom. The van der Waals surface area contributed by atoms with Crippen molar-refractivity contribution >= 4 is 39.2 Å². The zero-order chi connectivity index (χ0) is 15.8. The second-order valence-electron chi connectivity index (χ2n) is 5.18. The van der Waals surface area contributed by atoms with Gasteiger partial charge < -0.3 is 5.11 Å². The average molecular weight is 352 g/mol. The van der Waals surface area contributed by atoms with Crippen molar-refractivity contribution < 1.29 is 18.3 Å². The molecule has 0 bridgehead atoms. The molecule has 1 aliphatic heterocycles. The summed E-state index contributed by atoms with van der Waals surface area (Å²) < 4.78 is 26.7. The lowest BCUT2D eigenvalue weighted by Gasteiger charge is -2.30. The van der Waals surface area contributed by atoms with Gasteiger partial charge in [-0.05, 0) is 30.9 Å². The molecule has 1 heterocycles. The number of carbonyl (C=O) groups is 1. The molecule has 1 aromatic carbocycles. The molecule has 0 aromatic heterocycles. The highest BCUT2D eigenvalue weighted by atomic mass is 35.5. The normalized spacial score (nSPS) is 20.4. The number of carboxylic acid groups (broad SMARTS) is 1. The van der Waals surface area contributed by atoms with E-state index >= 15 is 0 Å². The van der Waals surface area contributed by atoms with Crippen molar-refractivity contribution in [3.05, 3.63) is 27.7 Å². The Morgan fingerprint density at radius 1 is 1.38 bits per heavy atom.